The standard InChI is InChI=1S/C21H24FNO3/c1-14(2)17-6-8-18(9-7-17)21(25)26-15(3)20(24)23-13-12-16-4-10-19(22)11-5-16/h4-11,14-15H,12-13H2,1-3H3,(H,23,24)/t15-/m0/s1. The quantitative estimate of drug-likeness (QED) is 0.766. The number of carbonyl (C=O) groups excluding carboxylic acids is 2. The number of esters is 1. The number of rotatable bonds is 7. The molecule has 0 heterocycles. The van der Waals surface area contributed by atoms with Gasteiger partial charge in [0.25, 0.3) is 5.91 Å². The minimum absolute atomic E-state index is 0.292. The number of hydrogen-bond acceptors (Lipinski definition) is 3. The Bertz CT molecular complexity index is 739. The maximum atomic E-state index is 12.8. The molecule has 0 aliphatic heterocycles. The molecule has 0 radical (unpaired) electrons. The Hall–Kier alpha value is -2.69. The summed E-state index contributed by atoms with van der Waals surface area (Å²) in [6, 6.07) is 13.3. The van der Waals surface area contributed by atoms with Gasteiger partial charge in [0, 0.05) is 6.54 Å². The van der Waals surface area contributed by atoms with Gasteiger partial charge in [-0.15, -0.1) is 0 Å². The smallest absolute Gasteiger partial charge is 0.338 e. The first-order chi connectivity index (χ1) is 12.4. The summed E-state index contributed by atoms with van der Waals surface area (Å²) in [5.41, 5.74) is 2.47. The second-order valence-electron chi connectivity index (χ2n) is 6.49. The van der Waals surface area contributed by atoms with Gasteiger partial charge in [-0.2, -0.15) is 0 Å². The Kier molecular flexibility index (Phi) is 6.89. The molecule has 138 valence electrons. The summed E-state index contributed by atoms with van der Waals surface area (Å²) in [6.07, 6.45) is -0.316. The van der Waals surface area contributed by atoms with Crippen molar-refractivity contribution in [3.8, 4) is 0 Å². The second kappa shape index (κ2) is 9.13. The van der Waals surface area contributed by atoms with Crippen molar-refractivity contribution in [1.82, 2.24) is 5.32 Å². The molecule has 2 rings (SSSR count). The summed E-state index contributed by atoms with van der Waals surface area (Å²) < 4.78 is 18.1. The molecule has 2 aromatic carbocycles. The van der Waals surface area contributed by atoms with Gasteiger partial charge < -0.3 is 10.1 Å². The minimum Gasteiger partial charge on any atom is -0.449 e. The number of ether oxygens (including phenoxy) is 1. The third kappa shape index (κ3) is 5.69. The fourth-order valence-electron chi connectivity index (χ4n) is 2.41. The van der Waals surface area contributed by atoms with E-state index >= 15 is 0 Å². The highest BCUT2D eigenvalue weighted by atomic mass is 19.1. The molecule has 0 spiro atoms. The lowest BCUT2D eigenvalue weighted by molar-refractivity contribution is -0.129. The van der Waals surface area contributed by atoms with Gasteiger partial charge in [0.1, 0.15) is 5.82 Å². The van der Waals surface area contributed by atoms with Crippen LogP contribution in [0.1, 0.15) is 48.2 Å². The van der Waals surface area contributed by atoms with Crippen LogP contribution >= 0.6 is 0 Å². The van der Waals surface area contributed by atoms with Gasteiger partial charge in [0.05, 0.1) is 5.56 Å². The van der Waals surface area contributed by atoms with E-state index in [1.165, 1.54) is 19.1 Å². The molecule has 1 atom stereocenters. The van der Waals surface area contributed by atoms with E-state index in [4.69, 9.17) is 4.74 Å². The van der Waals surface area contributed by atoms with E-state index in [1.807, 2.05) is 12.1 Å². The number of halogens is 1. The zero-order chi connectivity index (χ0) is 19.1. The molecule has 0 saturated heterocycles. The van der Waals surface area contributed by atoms with Crippen molar-refractivity contribution in [3.63, 3.8) is 0 Å². The van der Waals surface area contributed by atoms with Crippen LogP contribution < -0.4 is 5.32 Å². The third-order valence-corrected chi connectivity index (χ3v) is 4.09. The van der Waals surface area contributed by atoms with Crippen molar-refractivity contribution < 1.29 is 18.7 Å². The second-order valence-corrected chi connectivity index (χ2v) is 6.49. The van der Waals surface area contributed by atoms with Gasteiger partial charge >= 0.3 is 5.97 Å². The maximum absolute atomic E-state index is 12.8. The first-order valence-electron chi connectivity index (χ1n) is 8.70. The van der Waals surface area contributed by atoms with Crippen LogP contribution in [0.5, 0.6) is 0 Å². The topological polar surface area (TPSA) is 55.4 Å². The molecule has 2 aromatic rings. The van der Waals surface area contributed by atoms with Gasteiger partial charge in [-0.1, -0.05) is 38.1 Å². The Labute approximate surface area is 153 Å². The number of carbonyl (C=O) groups is 2. The lowest BCUT2D eigenvalue weighted by Gasteiger charge is -2.14. The van der Waals surface area contributed by atoms with E-state index in [9.17, 15) is 14.0 Å². The minimum atomic E-state index is -0.888. The molecule has 1 amide bonds. The van der Waals surface area contributed by atoms with Gasteiger partial charge in [-0.25, -0.2) is 9.18 Å². The lowest BCUT2D eigenvalue weighted by Crippen LogP contribution is -2.36. The fraction of sp³-hybridized carbons (Fsp3) is 0.333. The third-order valence-electron chi connectivity index (χ3n) is 4.09. The summed E-state index contributed by atoms with van der Waals surface area (Å²) in [5, 5.41) is 2.72. The molecule has 0 aromatic heterocycles. The zero-order valence-corrected chi connectivity index (χ0v) is 15.3. The first kappa shape index (κ1) is 19.6. The average Bonchev–Trinajstić information content (AvgIpc) is 2.63. The van der Waals surface area contributed by atoms with Gasteiger partial charge in [-0.05, 0) is 54.7 Å². The highest BCUT2D eigenvalue weighted by molar-refractivity contribution is 5.92. The van der Waals surface area contributed by atoms with Crippen LogP contribution in [0.3, 0.4) is 0 Å². The molecule has 5 heteroatoms. The van der Waals surface area contributed by atoms with Crippen molar-refractivity contribution >= 4 is 11.9 Å². The summed E-state index contributed by atoms with van der Waals surface area (Å²) in [4.78, 5) is 24.2. The van der Waals surface area contributed by atoms with Crippen LogP contribution in [0.2, 0.25) is 0 Å². The molecule has 0 fully saturated rings. The highest BCUT2D eigenvalue weighted by Gasteiger charge is 2.18. The maximum Gasteiger partial charge on any atom is 0.338 e. The molecule has 4 nitrogen and oxygen atoms in total. The van der Waals surface area contributed by atoms with Crippen molar-refractivity contribution in [2.75, 3.05) is 6.54 Å². The molecule has 1 N–H and O–H groups in total. The number of amides is 1. The molecular weight excluding hydrogens is 333 g/mol. The van der Waals surface area contributed by atoms with E-state index in [0.29, 0.717) is 24.4 Å². The van der Waals surface area contributed by atoms with E-state index in [-0.39, 0.29) is 11.7 Å². The van der Waals surface area contributed by atoms with Crippen molar-refractivity contribution in [3.05, 3.63) is 71.0 Å². The molecule has 26 heavy (non-hydrogen) atoms. The summed E-state index contributed by atoms with van der Waals surface area (Å²) in [7, 11) is 0. The van der Waals surface area contributed by atoms with Gasteiger partial charge in [-0.3, -0.25) is 4.79 Å². The Morgan fingerprint density at radius 3 is 2.19 bits per heavy atom. The van der Waals surface area contributed by atoms with E-state index in [2.05, 4.69) is 19.2 Å². The number of benzene rings is 2. The van der Waals surface area contributed by atoms with Crippen LogP contribution in [-0.4, -0.2) is 24.5 Å². The summed E-state index contributed by atoms with van der Waals surface area (Å²) >= 11 is 0. The Morgan fingerprint density at radius 2 is 1.62 bits per heavy atom. The lowest BCUT2D eigenvalue weighted by atomic mass is 10.0. The molecule has 0 aliphatic rings. The van der Waals surface area contributed by atoms with Crippen LogP contribution in [0, 0.1) is 5.82 Å². The largest absolute Gasteiger partial charge is 0.449 e. The van der Waals surface area contributed by atoms with E-state index in [1.54, 1.807) is 24.3 Å². The van der Waals surface area contributed by atoms with Crippen molar-refractivity contribution in [1.29, 1.82) is 0 Å². The van der Waals surface area contributed by atoms with Crippen LogP contribution in [0.15, 0.2) is 48.5 Å². The Morgan fingerprint density at radius 1 is 1.00 bits per heavy atom. The van der Waals surface area contributed by atoms with Crippen LogP contribution in [0.25, 0.3) is 0 Å². The molecule has 0 unspecified atom stereocenters. The van der Waals surface area contributed by atoms with Gasteiger partial charge in [0.2, 0.25) is 0 Å². The molecule has 0 saturated carbocycles. The number of hydrogen-bond donors (Lipinski definition) is 1. The van der Waals surface area contributed by atoms with Gasteiger partial charge in [0.15, 0.2) is 6.10 Å². The van der Waals surface area contributed by atoms with Crippen molar-refractivity contribution in [2.24, 2.45) is 0 Å². The fourth-order valence-corrected chi connectivity index (χ4v) is 2.41. The monoisotopic (exact) mass is 357 g/mol. The number of nitrogens with one attached hydrogen (secondary N) is 1. The molecular formula is C21H24FNO3. The predicted molar refractivity (Wildman–Crippen MR) is 98.5 cm³/mol. The molecule has 0 aliphatic carbocycles. The van der Waals surface area contributed by atoms with Crippen molar-refractivity contribution in [2.45, 2.75) is 39.2 Å². The molecule has 0 bridgehead atoms. The van der Waals surface area contributed by atoms with Crippen LogP contribution in [0.4, 0.5) is 4.39 Å². The zero-order valence-electron chi connectivity index (χ0n) is 15.3. The highest BCUT2D eigenvalue weighted by Crippen LogP contribution is 2.15. The SMILES string of the molecule is CC(C)c1ccc(C(=O)O[C@@H](C)C(=O)NCCc2ccc(F)cc2)cc1. The normalized spacial score (nSPS) is 11.9. The van der Waals surface area contributed by atoms with E-state index < -0.39 is 12.1 Å². The predicted octanol–water partition coefficient (Wildman–Crippen LogP) is 3.85. The van der Waals surface area contributed by atoms with Crippen LogP contribution in [-0.2, 0) is 16.0 Å². The Balaban J connectivity index is 1.80. The van der Waals surface area contributed by atoms with E-state index in [0.717, 1.165) is 11.1 Å². The summed E-state index contributed by atoms with van der Waals surface area (Å²) in [6.45, 7) is 6.07. The average molecular weight is 357 g/mol. The summed E-state index contributed by atoms with van der Waals surface area (Å²) in [5.74, 6) is -0.800. The first-order valence-corrected chi connectivity index (χ1v) is 8.70.